The maximum atomic E-state index is 5.42. The number of hydrogen-bond acceptors (Lipinski definition) is 3. The first kappa shape index (κ1) is 6.48. The van der Waals surface area contributed by atoms with Crippen molar-refractivity contribution in [3.05, 3.63) is 16.5 Å². The normalized spacial score (nSPS) is 9.56. The molecular weight excluding hydrogens is 182 g/mol. The van der Waals surface area contributed by atoms with E-state index < -0.39 is 0 Å². The van der Waals surface area contributed by atoms with Gasteiger partial charge in [-0.05, 0) is 22.9 Å². The molecular formula is C5H6BrN3. The van der Waals surface area contributed by atoms with Crippen molar-refractivity contribution in [2.45, 2.75) is 6.92 Å². The molecule has 4 heteroatoms. The predicted octanol–water partition coefficient (Wildman–Crippen LogP) is 1.13. The smallest absolute Gasteiger partial charge is 0.141 e. The van der Waals surface area contributed by atoms with Crippen LogP contribution in [-0.4, -0.2) is 9.97 Å². The van der Waals surface area contributed by atoms with Crippen molar-refractivity contribution in [2.24, 2.45) is 0 Å². The summed E-state index contributed by atoms with van der Waals surface area (Å²) in [7, 11) is 0. The molecule has 2 N–H and O–H groups in total. The fourth-order valence-corrected chi connectivity index (χ4v) is 0.664. The molecule has 9 heavy (non-hydrogen) atoms. The quantitative estimate of drug-likeness (QED) is 0.663. The highest BCUT2D eigenvalue weighted by Gasteiger charge is 1.94. The molecule has 0 bridgehead atoms. The van der Waals surface area contributed by atoms with Crippen LogP contribution in [-0.2, 0) is 0 Å². The molecule has 1 aromatic heterocycles. The summed E-state index contributed by atoms with van der Waals surface area (Å²) in [4.78, 5) is 7.79. The Kier molecular flexibility index (Phi) is 1.66. The summed E-state index contributed by atoms with van der Waals surface area (Å²) in [5, 5.41) is 0. The molecule has 0 atom stereocenters. The van der Waals surface area contributed by atoms with E-state index in [-0.39, 0.29) is 0 Å². The minimum Gasteiger partial charge on any atom is -0.383 e. The summed E-state index contributed by atoms with van der Waals surface area (Å²) < 4.78 is 0.744. The molecule has 0 spiro atoms. The van der Waals surface area contributed by atoms with Crippen LogP contribution in [0.25, 0.3) is 0 Å². The van der Waals surface area contributed by atoms with E-state index in [1.165, 1.54) is 0 Å². The van der Waals surface area contributed by atoms with E-state index in [0.29, 0.717) is 11.6 Å². The van der Waals surface area contributed by atoms with Crippen molar-refractivity contribution >= 4 is 21.7 Å². The first-order chi connectivity index (χ1) is 4.20. The van der Waals surface area contributed by atoms with Gasteiger partial charge in [0.2, 0.25) is 0 Å². The Morgan fingerprint density at radius 2 is 2.33 bits per heavy atom. The molecule has 0 amide bonds. The van der Waals surface area contributed by atoms with Crippen LogP contribution >= 0.6 is 15.9 Å². The zero-order valence-corrected chi connectivity index (χ0v) is 6.51. The molecule has 0 aliphatic heterocycles. The van der Waals surface area contributed by atoms with Crippen molar-refractivity contribution < 1.29 is 0 Å². The maximum absolute atomic E-state index is 5.42. The number of halogens is 1. The summed E-state index contributed by atoms with van der Waals surface area (Å²) in [5.74, 6) is 1.18. The van der Waals surface area contributed by atoms with E-state index in [1.54, 1.807) is 13.1 Å². The molecule has 0 saturated heterocycles. The fourth-order valence-electron chi connectivity index (χ4n) is 0.473. The molecule has 0 saturated carbocycles. The van der Waals surface area contributed by atoms with Crippen molar-refractivity contribution in [2.75, 3.05) is 5.73 Å². The first-order valence-corrected chi connectivity index (χ1v) is 3.24. The molecule has 0 aliphatic rings. The van der Waals surface area contributed by atoms with E-state index in [4.69, 9.17) is 5.73 Å². The zero-order valence-electron chi connectivity index (χ0n) is 4.93. The van der Waals surface area contributed by atoms with Gasteiger partial charge in [0.05, 0.1) is 4.47 Å². The molecule has 0 radical (unpaired) electrons. The lowest BCUT2D eigenvalue weighted by molar-refractivity contribution is 1.05. The van der Waals surface area contributed by atoms with Crippen molar-refractivity contribution in [1.82, 2.24) is 9.97 Å². The van der Waals surface area contributed by atoms with Crippen LogP contribution in [0.4, 0.5) is 5.82 Å². The van der Waals surface area contributed by atoms with E-state index in [1.807, 2.05) is 0 Å². The lowest BCUT2D eigenvalue weighted by Crippen LogP contribution is -1.95. The second-order valence-corrected chi connectivity index (χ2v) is 2.50. The van der Waals surface area contributed by atoms with Crippen LogP contribution in [0.5, 0.6) is 0 Å². The van der Waals surface area contributed by atoms with Gasteiger partial charge in [-0.25, -0.2) is 9.97 Å². The molecule has 48 valence electrons. The minimum absolute atomic E-state index is 0.488. The Morgan fingerprint density at radius 1 is 1.67 bits per heavy atom. The maximum Gasteiger partial charge on any atom is 0.141 e. The number of rotatable bonds is 0. The first-order valence-electron chi connectivity index (χ1n) is 2.45. The highest BCUT2D eigenvalue weighted by atomic mass is 79.9. The number of nitrogens with zero attached hydrogens (tertiary/aromatic N) is 2. The van der Waals surface area contributed by atoms with Gasteiger partial charge in [0.15, 0.2) is 0 Å². The molecule has 0 unspecified atom stereocenters. The average Bonchev–Trinajstić information content (AvgIpc) is 1.80. The third kappa shape index (κ3) is 1.38. The van der Waals surface area contributed by atoms with Crippen LogP contribution < -0.4 is 5.73 Å². The summed E-state index contributed by atoms with van der Waals surface area (Å²) >= 11 is 3.18. The second kappa shape index (κ2) is 2.31. The lowest BCUT2D eigenvalue weighted by atomic mass is 10.5. The van der Waals surface area contributed by atoms with Gasteiger partial charge in [-0.1, -0.05) is 0 Å². The van der Waals surface area contributed by atoms with E-state index in [9.17, 15) is 0 Å². The van der Waals surface area contributed by atoms with Crippen LogP contribution in [0.2, 0.25) is 0 Å². The lowest BCUT2D eigenvalue weighted by Gasteiger charge is -1.94. The number of aromatic nitrogens is 2. The summed E-state index contributed by atoms with van der Waals surface area (Å²) in [6, 6.07) is 0. The number of anilines is 1. The van der Waals surface area contributed by atoms with Crippen LogP contribution in [0.3, 0.4) is 0 Å². The van der Waals surface area contributed by atoms with Crippen molar-refractivity contribution in [1.29, 1.82) is 0 Å². The van der Waals surface area contributed by atoms with E-state index in [0.717, 1.165) is 4.47 Å². The SMILES string of the molecule is Cc1ncc(Br)c(N)n1. The van der Waals surface area contributed by atoms with Gasteiger partial charge in [-0.3, -0.25) is 0 Å². The number of nitrogens with two attached hydrogens (primary N) is 1. The Bertz CT molecular complexity index is 223. The molecule has 3 nitrogen and oxygen atoms in total. The van der Waals surface area contributed by atoms with Crippen LogP contribution in [0.1, 0.15) is 5.82 Å². The molecule has 1 rings (SSSR count). The topological polar surface area (TPSA) is 51.8 Å². The number of nitrogen functional groups attached to an aromatic ring is 1. The summed E-state index contributed by atoms with van der Waals surface area (Å²) in [6.07, 6.45) is 1.64. The Balaban J connectivity index is 3.17. The van der Waals surface area contributed by atoms with Gasteiger partial charge in [-0.2, -0.15) is 0 Å². The third-order valence-electron chi connectivity index (χ3n) is 0.892. The Labute approximate surface area is 61.4 Å². The third-order valence-corrected chi connectivity index (χ3v) is 1.50. The minimum atomic E-state index is 0.488. The van der Waals surface area contributed by atoms with E-state index >= 15 is 0 Å². The molecule has 1 heterocycles. The Morgan fingerprint density at radius 3 is 2.78 bits per heavy atom. The zero-order chi connectivity index (χ0) is 6.85. The van der Waals surface area contributed by atoms with Crippen LogP contribution in [0, 0.1) is 6.92 Å². The number of hydrogen-bond donors (Lipinski definition) is 1. The molecule has 0 aliphatic carbocycles. The molecule has 0 fully saturated rings. The van der Waals surface area contributed by atoms with Gasteiger partial charge >= 0.3 is 0 Å². The van der Waals surface area contributed by atoms with Gasteiger partial charge in [-0.15, -0.1) is 0 Å². The monoisotopic (exact) mass is 187 g/mol. The van der Waals surface area contributed by atoms with Crippen molar-refractivity contribution in [3.63, 3.8) is 0 Å². The van der Waals surface area contributed by atoms with E-state index in [2.05, 4.69) is 25.9 Å². The standard InChI is InChI=1S/C5H6BrN3/c1-3-8-2-4(6)5(7)9-3/h2H,1H3,(H2,7,8,9). The molecule has 0 aromatic carbocycles. The summed E-state index contributed by atoms with van der Waals surface area (Å²) in [5.41, 5.74) is 5.42. The second-order valence-electron chi connectivity index (χ2n) is 1.65. The average molecular weight is 188 g/mol. The predicted molar refractivity (Wildman–Crippen MR) is 38.9 cm³/mol. The van der Waals surface area contributed by atoms with Gasteiger partial charge in [0.25, 0.3) is 0 Å². The summed E-state index contributed by atoms with van der Waals surface area (Å²) in [6.45, 7) is 1.79. The highest BCUT2D eigenvalue weighted by molar-refractivity contribution is 9.10. The number of aryl methyl sites for hydroxylation is 1. The van der Waals surface area contributed by atoms with Crippen molar-refractivity contribution in [3.8, 4) is 0 Å². The molecule has 1 aromatic rings. The highest BCUT2D eigenvalue weighted by Crippen LogP contribution is 2.13. The van der Waals surface area contributed by atoms with Crippen LogP contribution in [0.15, 0.2) is 10.7 Å². The Hall–Kier alpha value is -0.640. The van der Waals surface area contributed by atoms with Gasteiger partial charge in [0.1, 0.15) is 11.6 Å². The largest absolute Gasteiger partial charge is 0.383 e. The van der Waals surface area contributed by atoms with Gasteiger partial charge < -0.3 is 5.73 Å². The fraction of sp³-hybridized carbons (Fsp3) is 0.200. The van der Waals surface area contributed by atoms with Gasteiger partial charge in [0, 0.05) is 6.20 Å².